The molecule has 0 saturated heterocycles. The Bertz CT molecular complexity index is 513. The number of amides is 1. The highest BCUT2D eigenvalue weighted by atomic mass is 16.2. The van der Waals surface area contributed by atoms with Crippen LogP contribution in [0.5, 0.6) is 0 Å². The largest absolute Gasteiger partial charge is 0.304 e. The van der Waals surface area contributed by atoms with Gasteiger partial charge in [-0.05, 0) is 12.5 Å². The van der Waals surface area contributed by atoms with Crippen LogP contribution in [0.15, 0.2) is 18.3 Å². The van der Waals surface area contributed by atoms with E-state index >= 15 is 0 Å². The SMILES string of the molecule is CCCc1cc(NC(=O)c2ccnn2C)n[nH]1. The van der Waals surface area contributed by atoms with E-state index in [1.165, 1.54) is 4.68 Å². The van der Waals surface area contributed by atoms with E-state index in [1.807, 2.05) is 6.07 Å². The molecule has 0 bridgehead atoms. The third kappa shape index (κ3) is 2.52. The third-order valence-corrected chi connectivity index (χ3v) is 2.45. The van der Waals surface area contributed by atoms with Crippen molar-refractivity contribution in [1.29, 1.82) is 0 Å². The highest BCUT2D eigenvalue weighted by molar-refractivity contribution is 6.02. The smallest absolute Gasteiger partial charge is 0.275 e. The molecule has 0 aliphatic heterocycles. The van der Waals surface area contributed by atoms with E-state index in [0.717, 1.165) is 18.5 Å². The van der Waals surface area contributed by atoms with Crippen molar-refractivity contribution in [2.24, 2.45) is 7.05 Å². The molecule has 6 nitrogen and oxygen atoms in total. The van der Waals surface area contributed by atoms with E-state index in [-0.39, 0.29) is 5.91 Å². The predicted molar refractivity (Wildman–Crippen MR) is 63.7 cm³/mol. The number of carbonyl (C=O) groups is 1. The fourth-order valence-corrected chi connectivity index (χ4v) is 1.60. The van der Waals surface area contributed by atoms with Crippen molar-refractivity contribution in [1.82, 2.24) is 20.0 Å². The summed E-state index contributed by atoms with van der Waals surface area (Å²) in [6, 6.07) is 3.51. The molecule has 0 aromatic carbocycles. The van der Waals surface area contributed by atoms with Gasteiger partial charge in [-0.1, -0.05) is 13.3 Å². The maximum absolute atomic E-state index is 11.8. The first kappa shape index (κ1) is 11.4. The molecule has 2 aromatic heterocycles. The lowest BCUT2D eigenvalue weighted by molar-refractivity contribution is 0.101. The summed E-state index contributed by atoms with van der Waals surface area (Å²) >= 11 is 0. The van der Waals surface area contributed by atoms with Gasteiger partial charge in [-0.2, -0.15) is 10.2 Å². The quantitative estimate of drug-likeness (QED) is 0.836. The summed E-state index contributed by atoms with van der Waals surface area (Å²) in [5.74, 6) is 0.333. The molecule has 90 valence electrons. The number of hydrogen-bond donors (Lipinski definition) is 2. The molecule has 0 spiro atoms. The first-order chi connectivity index (χ1) is 8.20. The molecule has 0 fully saturated rings. The topological polar surface area (TPSA) is 75.6 Å². The number of nitrogens with zero attached hydrogens (tertiary/aromatic N) is 3. The van der Waals surface area contributed by atoms with E-state index in [1.54, 1.807) is 19.3 Å². The lowest BCUT2D eigenvalue weighted by Gasteiger charge is -2.01. The van der Waals surface area contributed by atoms with Crippen molar-refractivity contribution in [3.63, 3.8) is 0 Å². The lowest BCUT2D eigenvalue weighted by atomic mass is 10.2. The number of anilines is 1. The third-order valence-electron chi connectivity index (χ3n) is 2.45. The molecule has 2 heterocycles. The van der Waals surface area contributed by atoms with E-state index in [2.05, 4.69) is 27.5 Å². The fraction of sp³-hybridized carbons (Fsp3) is 0.364. The van der Waals surface area contributed by atoms with Gasteiger partial charge in [-0.25, -0.2) is 0 Å². The molecular formula is C11H15N5O. The van der Waals surface area contributed by atoms with E-state index < -0.39 is 0 Å². The summed E-state index contributed by atoms with van der Waals surface area (Å²) in [7, 11) is 1.72. The normalized spacial score (nSPS) is 10.5. The summed E-state index contributed by atoms with van der Waals surface area (Å²) < 4.78 is 1.52. The number of nitrogens with one attached hydrogen (secondary N) is 2. The Morgan fingerprint density at radius 3 is 3.06 bits per heavy atom. The summed E-state index contributed by atoms with van der Waals surface area (Å²) in [4.78, 5) is 11.8. The minimum Gasteiger partial charge on any atom is -0.304 e. The summed E-state index contributed by atoms with van der Waals surface area (Å²) in [5, 5.41) is 13.6. The summed E-state index contributed by atoms with van der Waals surface area (Å²) in [6.07, 6.45) is 3.55. The van der Waals surface area contributed by atoms with Gasteiger partial charge in [0.15, 0.2) is 5.82 Å². The van der Waals surface area contributed by atoms with Crippen LogP contribution in [0.3, 0.4) is 0 Å². The van der Waals surface area contributed by atoms with Crippen LogP contribution in [0.1, 0.15) is 29.5 Å². The van der Waals surface area contributed by atoms with Crippen molar-refractivity contribution in [2.45, 2.75) is 19.8 Å². The molecule has 0 aliphatic rings. The molecule has 1 amide bonds. The lowest BCUT2D eigenvalue weighted by Crippen LogP contribution is -2.16. The van der Waals surface area contributed by atoms with Gasteiger partial charge in [-0.15, -0.1) is 0 Å². The average molecular weight is 233 g/mol. The maximum atomic E-state index is 11.8. The van der Waals surface area contributed by atoms with E-state index in [4.69, 9.17) is 0 Å². The summed E-state index contributed by atoms with van der Waals surface area (Å²) in [5.41, 5.74) is 1.53. The second kappa shape index (κ2) is 4.82. The fourth-order valence-electron chi connectivity index (χ4n) is 1.60. The van der Waals surface area contributed by atoms with Crippen LogP contribution in [0.25, 0.3) is 0 Å². The molecule has 0 saturated carbocycles. The molecule has 2 rings (SSSR count). The van der Waals surface area contributed by atoms with Gasteiger partial charge in [0.25, 0.3) is 5.91 Å². The van der Waals surface area contributed by atoms with Crippen molar-refractivity contribution in [3.05, 3.63) is 29.7 Å². The van der Waals surface area contributed by atoms with Crippen LogP contribution in [0, 0.1) is 0 Å². The Labute approximate surface area is 99.0 Å². The van der Waals surface area contributed by atoms with Crippen LogP contribution in [0.4, 0.5) is 5.82 Å². The van der Waals surface area contributed by atoms with Crippen LogP contribution < -0.4 is 5.32 Å². The number of aryl methyl sites for hydroxylation is 2. The van der Waals surface area contributed by atoms with Gasteiger partial charge in [0.1, 0.15) is 5.69 Å². The molecule has 6 heteroatoms. The Kier molecular flexibility index (Phi) is 3.22. The molecule has 0 aliphatic carbocycles. The number of aromatic amines is 1. The highest BCUT2D eigenvalue weighted by Crippen LogP contribution is 2.09. The molecule has 0 unspecified atom stereocenters. The standard InChI is InChI=1S/C11H15N5O/c1-3-4-8-7-10(15-14-8)13-11(17)9-5-6-12-16(9)2/h5-7H,3-4H2,1-2H3,(H2,13,14,15,17). The van der Waals surface area contributed by atoms with Gasteiger partial charge in [0.2, 0.25) is 0 Å². The molecule has 0 radical (unpaired) electrons. The van der Waals surface area contributed by atoms with Gasteiger partial charge in [0, 0.05) is 25.0 Å². The van der Waals surface area contributed by atoms with Crippen molar-refractivity contribution < 1.29 is 4.79 Å². The minimum atomic E-state index is -0.209. The second-order valence-electron chi connectivity index (χ2n) is 3.82. The molecule has 17 heavy (non-hydrogen) atoms. The number of H-pyrrole nitrogens is 1. The van der Waals surface area contributed by atoms with E-state index in [9.17, 15) is 4.79 Å². The Morgan fingerprint density at radius 2 is 2.41 bits per heavy atom. The number of carbonyl (C=O) groups excluding carboxylic acids is 1. The number of aromatic nitrogens is 4. The average Bonchev–Trinajstić information content (AvgIpc) is 2.88. The van der Waals surface area contributed by atoms with Crippen LogP contribution in [-0.2, 0) is 13.5 Å². The molecule has 2 aromatic rings. The van der Waals surface area contributed by atoms with Crippen molar-refractivity contribution in [2.75, 3.05) is 5.32 Å². The predicted octanol–water partition coefficient (Wildman–Crippen LogP) is 1.35. The first-order valence-corrected chi connectivity index (χ1v) is 5.54. The zero-order chi connectivity index (χ0) is 12.3. The first-order valence-electron chi connectivity index (χ1n) is 5.54. The summed E-state index contributed by atoms with van der Waals surface area (Å²) in [6.45, 7) is 2.09. The Balaban J connectivity index is 2.05. The van der Waals surface area contributed by atoms with Crippen LogP contribution in [0.2, 0.25) is 0 Å². The molecule has 0 atom stereocenters. The van der Waals surface area contributed by atoms with Crippen LogP contribution >= 0.6 is 0 Å². The van der Waals surface area contributed by atoms with Crippen molar-refractivity contribution in [3.8, 4) is 0 Å². The number of hydrogen-bond acceptors (Lipinski definition) is 3. The minimum absolute atomic E-state index is 0.209. The molecular weight excluding hydrogens is 218 g/mol. The second-order valence-corrected chi connectivity index (χ2v) is 3.82. The van der Waals surface area contributed by atoms with E-state index in [0.29, 0.717) is 11.5 Å². The van der Waals surface area contributed by atoms with Gasteiger partial charge in [-0.3, -0.25) is 14.6 Å². The zero-order valence-corrected chi connectivity index (χ0v) is 9.90. The van der Waals surface area contributed by atoms with Gasteiger partial charge >= 0.3 is 0 Å². The van der Waals surface area contributed by atoms with Gasteiger partial charge < -0.3 is 5.32 Å². The van der Waals surface area contributed by atoms with Gasteiger partial charge in [0.05, 0.1) is 0 Å². The Hall–Kier alpha value is -2.11. The monoisotopic (exact) mass is 233 g/mol. The maximum Gasteiger partial charge on any atom is 0.275 e. The van der Waals surface area contributed by atoms with Crippen LogP contribution in [-0.4, -0.2) is 25.9 Å². The number of rotatable bonds is 4. The molecule has 2 N–H and O–H groups in total. The highest BCUT2D eigenvalue weighted by Gasteiger charge is 2.11. The van der Waals surface area contributed by atoms with Crippen molar-refractivity contribution >= 4 is 11.7 Å². The Morgan fingerprint density at radius 1 is 1.59 bits per heavy atom. The zero-order valence-electron chi connectivity index (χ0n) is 9.90.